The molecule has 1 heterocycles. The fraction of sp³-hybridized carbons (Fsp3) is 0.375. The van der Waals surface area contributed by atoms with Crippen molar-refractivity contribution in [3.8, 4) is 0 Å². The fourth-order valence-electron chi connectivity index (χ4n) is 0.868. The number of hydrogen-bond acceptors (Lipinski definition) is 2. The third kappa shape index (κ3) is 1.74. The van der Waals surface area contributed by atoms with Crippen molar-refractivity contribution in [2.75, 3.05) is 7.11 Å². The van der Waals surface area contributed by atoms with Crippen LogP contribution in [0.4, 0.5) is 4.39 Å². The van der Waals surface area contributed by atoms with Crippen molar-refractivity contribution < 1.29 is 9.13 Å². The highest BCUT2D eigenvalue weighted by Crippen LogP contribution is 2.09. The largest absolute Gasteiger partial charge is 0.380 e. The third-order valence-electron chi connectivity index (χ3n) is 1.44. The molecule has 60 valence electrons. The fourth-order valence-corrected chi connectivity index (χ4v) is 0.868. The van der Waals surface area contributed by atoms with Crippen LogP contribution in [-0.2, 0) is 11.3 Å². The minimum absolute atomic E-state index is 0.269. The molecule has 0 atom stereocenters. The zero-order valence-corrected chi connectivity index (χ0v) is 6.60. The molecule has 1 aromatic heterocycles. The van der Waals surface area contributed by atoms with Crippen LogP contribution in [0.3, 0.4) is 0 Å². The summed E-state index contributed by atoms with van der Waals surface area (Å²) in [5.74, 6) is -0.269. The van der Waals surface area contributed by atoms with E-state index in [0.29, 0.717) is 17.9 Å². The molecule has 0 unspecified atom stereocenters. The third-order valence-corrected chi connectivity index (χ3v) is 1.44. The Hall–Kier alpha value is -0.960. The van der Waals surface area contributed by atoms with Crippen LogP contribution in [0.2, 0.25) is 0 Å². The van der Waals surface area contributed by atoms with E-state index in [1.165, 1.54) is 7.11 Å². The van der Waals surface area contributed by atoms with Crippen molar-refractivity contribution in [1.82, 2.24) is 4.98 Å². The van der Waals surface area contributed by atoms with Crippen LogP contribution >= 0.6 is 0 Å². The van der Waals surface area contributed by atoms with Crippen LogP contribution in [-0.4, -0.2) is 12.1 Å². The van der Waals surface area contributed by atoms with E-state index in [9.17, 15) is 4.39 Å². The lowest BCUT2D eigenvalue weighted by molar-refractivity contribution is 0.181. The van der Waals surface area contributed by atoms with E-state index in [2.05, 4.69) is 4.98 Å². The maximum Gasteiger partial charge on any atom is 0.149 e. The molecular formula is C8H10FNO. The zero-order valence-electron chi connectivity index (χ0n) is 6.60. The Labute approximate surface area is 65.0 Å². The van der Waals surface area contributed by atoms with E-state index in [0.717, 1.165) is 0 Å². The molecule has 0 saturated heterocycles. The average Bonchev–Trinajstić information content (AvgIpc) is 1.99. The number of ether oxygens (including phenoxy) is 1. The van der Waals surface area contributed by atoms with Gasteiger partial charge in [0.15, 0.2) is 0 Å². The summed E-state index contributed by atoms with van der Waals surface area (Å²) in [4.78, 5) is 3.79. The quantitative estimate of drug-likeness (QED) is 0.648. The number of rotatable bonds is 2. The van der Waals surface area contributed by atoms with Crippen LogP contribution in [0.15, 0.2) is 12.3 Å². The Bertz CT molecular complexity index is 250. The van der Waals surface area contributed by atoms with Gasteiger partial charge in [-0.1, -0.05) is 0 Å². The van der Waals surface area contributed by atoms with Crippen LogP contribution in [0.25, 0.3) is 0 Å². The summed E-state index contributed by atoms with van der Waals surface area (Å²) < 4.78 is 17.8. The predicted molar refractivity (Wildman–Crippen MR) is 39.6 cm³/mol. The topological polar surface area (TPSA) is 22.1 Å². The minimum Gasteiger partial charge on any atom is -0.380 e. The molecule has 1 rings (SSSR count). The smallest absolute Gasteiger partial charge is 0.149 e. The molecular weight excluding hydrogens is 145 g/mol. The first-order valence-corrected chi connectivity index (χ1v) is 3.34. The number of pyridine rings is 1. The van der Waals surface area contributed by atoms with Gasteiger partial charge in [-0.2, -0.15) is 0 Å². The first kappa shape index (κ1) is 8.14. The van der Waals surface area contributed by atoms with Gasteiger partial charge in [0.2, 0.25) is 0 Å². The van der Waals surface area contributed by atoms with Crippen molar-refractivity contribution >= 4 is 0 Å². The molecule has 0 aliphatic heterocycles. The zero-order chi connectivity index (χ0) is 8.27. The Kier molecular flexibility index (Phi) is 2.54. The van der Waals surface area contributed by atoms with E-state index in [4.69, 9.17) is 4.74 Å². The summed E-state index contributed by atoms with van der Waals surface area (Å²) >= 11 is 0. The van der Waals surface area contributed by atoms with Gasteiger partial charge in [-0.05, 0) is 13.0 Å². The molecule has 0 aliphatic rings. The first-order chi connectivity index (χ1) is 5.25. The van der Waals surface area contributed by atoms with Crippen molar-refractivity contribution in [3.05, 3.63) is 29.3 Å². The summed E-state index contributed by atoms with van der Waals surface area (Å²) in [5, 5.41) is 0. The van der Waals surface area contributed by atoms with Crippen molar-refractivity contribution in [2.45, 2.75) is 13.5 Å². The summed E-state index contributed by atoms with van der Waals surface area (Å²) in [6, 6.07) is 1.62. The van der Waals surface area contributed by atoms with Gasteiger partial charge in [-0.15, -0.1) is 0 Å². The molecule has 0 aliphatic carbocycles. The van der Waals surface area contributed by atoms with Gasteiger partial charge in [0.25, 0.3) is 0 Å². The van der Waals surface area contributed by atoms with Gasteiger partial charge in [-0.25, -0.2) is 4.39 Å². The van der Waals surface area contributed by atoms with Gasteiger partial charge in [-0.3, -0.25) is 4.98 Å². The lowest BCUT2D eigenvalue weighted by Gasteiger charge is -2.01. The second kappa shape index (κ2) is 3.44. The van der Waals surface area contributed by atoms with Gasteiger partial charge in [0, 0.05) is 18.9 Å². The van der Waals surface area contributed by atoms with Gasteiger partial charge < -0.3 is 4.74 Å². The summed E-state index contributed by atoms with van der Waals surface area (Å²) in [5.41, 5.74) is 0.972. The highest BCUT2D eigenvalue weighted by Gasteiger charge is 2.03. The number of methoxy groups -OCH3 is 1. The van der Waals surface area contributed by atoms with E-state index in [1.807, 2.05) is 0 Å². The molecule has 3 heteroatoms. The van der Waals surface area contributed by atoms with Crippen LogP contribution in [0, 0.1) is 12.7 Å². The van der Waals surface area contributed by atoms with E-state index < -0.39 is 0 Å². The van der Waals surface area contributed by atoms with Gasteiger partial charge >= 0.3 is 0 Å². The molecule has 0 radical (unpaired) electrons. The molecule has 2 nitrogen and oxygen atoms in total. The lowest BCUT2D eigenvalue weighted by Crippen LogP contribution is -1.96. The monoisotopic (exact) mass is 155 g/mol. The van der Waals surface area contributed by atoms with Gasteiger partial charge in [0.05, 0.1) is 12.3 Å². The minimum atomic E-state index is -0.269. The maximum absolute atomic E-state index is 13.0. The van der Waals surface area contributed by atoms with E-state index >= 15 is 0 Å². The van der Waals surface area contributed by atoms with Gasteiger partial charge in [0.1, 0.15) is 5.82 Å². The maximum atomic E-state index is 13.0. The number of aryl methyl sites for hydroxylation is 1. The number of halogens is 1. The Morgan fingerprint density at radius 1 is 1.64 bits per heavy atom. The van der Waals surface area contributed by atoms with Crippen molar-refractivity contribution in [3.63, 3.8) is 0 Å². The van der Waals surface area contributed by atoms with Crippen molar-refractivity contribution in [1.29, 1.82) is 0 Å². The Balaban J connectivity index is 2.96. The number of nitrogens with zero attached hydrogens (tertiary/aromatic N) is 1. The highest BCUT2D eigenvalue weighted by atomic mass is 19.1. The molecule has 0 bridgehead atoms. The molecule has 0 N–H and O–H groups in total. The summed E-state index contributed by atoms with van der Waals surface area (Å²) in [7, 11) is 1.54. The highest BCUT2D eigenvalue weighted by molar-refractivity contribution is 5.17. The number of hydrogen-bond donors (Lipinski definition) is 0. The van der Waals surface area contributed by atoms with Crippen LogP contribution in [0.1, 0.15) is 11.3 Å². The molecule has 11 heavy (non-hydrogen) atoms. The molecule has 0 spiro atoms. The van der Waals surface area contributed by atoms with Crippen LogP contribution in [0.5, 0.6) is 0 Å². The van der Waals surface area contributed by atoms with E-state index in [-0.39, 0.29) is 5.82 Å². The molecule has 0 amide bonds. The molecule has 0 saturated carbocycles. The Morgan fingerprint density at radius 3 is 3.00 bits per heavy atom. The van der Waals surface area contributed by atoms with E-state index in [1.54, 1.807) is 19.2 Å². The first-order valence-electron chi connectivity index (χ1n) is 3.34. The standard InChI is InChI=1S/C8H10FNO/c1-6-8(9)7(5-11-2)3-4-10-6/h3-4H,5H2,1-2H3. The number of aromatic nitrogens is 1. The van der Waals surface area contributed by atoms with Crippen LogP contribution < -0.4 is 0 Å². The average molecular weight is 155 g/mol. The second-order valence-electron chi connectivity index (χ2n) is 2.30. The van der Waals surface area contributed by atoms with Crippen molar-refractivity contribution in [2.24, 2.45) is 0 Å². The lowest BCUT2D eigenvalue weighted by atomic mass is 10.2. The SMILES string of the molecule is COCc1ccnc(C)c1F. The second-order valence-corrected chi connectivity index (χ2v) is 2.30. The normalized spacial score (nSPS) is 10.1. The summed E-state index contributed by atoms with van der Waals surface area (Å²) in [6.45, 7) is 1.93. The predicted octanol–water partition coefficient (Wildman–Crippen LogP) is 1.68. The molecule has 0 aromatic carbocycles. The molecule has 0 fully saturated rings. The molecule has 1 aromatic rings. The summed E-state index contributed by atoms with van der Waals surface area (Å²) in [6.07, 6.45) is 1.58. The Morgan fingerprint density at radius 2 is 2.36 bits per heavy atom.